The number of rotatable bonds is 6. The molecule has 0 unspecified atom stereocenters. The Kier molecular flexibility index (Phi) is 6.56. The second kappa shape index (κ2) is 8.39. The van der Waals surface area contributed by atoms with Gasteiger partial charge in [-0.05, 0) is 0 Å². The summed E-state index contributed by atoms with van der Waals surface area (Å²) >= 11 is -5.76. The molecule has 0 bridgehead atoms. The Hall–Kier alpha value is -2.63. The minimum absolute atomic E-state index is 0.00113. The van der Waals surface area contributed by atoms with Gasteiger partial charge >= 0.3 is 168 Å². The topological polar surface area (TPSA) is 177 Å². The van der Waals surface area contributed by atoms with Gasteiger partial charge in [-0.15, -0.1) is 0 Å². The Bertz CT molecular complexity index is 1120. The first-order chi connectivity index (χ1) is 13.3. The van der Waals surface area contributed by atoms with Gasteiger partial charge in [0.2, 0.25) is 0 Å². The van der Waals surface area contributed by atoms with E-state index in [0.717, 1.165) is 19.1 Å². The number of aryl methyl sites for hydroxylation is 1. The molecule has 2 aromatic carbocycles. The molecule has 0 aliphatic carbocycles. The van der Waals surface area contributed by atoms with Crippen LogP contribution >= 0.6 is 0 Å². The van der Waals surface area contributed by atoms with Crippen molar-refractivity contribution in [1.82, 2.24) is 0 Å². The third-order valence-electron chi connectivity index (χ3n) is 3.55. The molecule has 0 fully saturated rings. The maximum absolute atomic E-state index is 12.5. The molecule has 11 nitrogen and oxygen atoms in total. The number of aromatic hydroxyl groups is 1. The van der Waals surface area contributed by atoms with Crippen LogP contribution in [0.15, 0.2) is 41.3 Å². The van der Waals surface area contributed by atoms with E-state index in [1.807, 2.05) is 0 Å². The molecule has 0 saturated carbocycles. The Morgan fingerprint density at radius 3 is 2.28 bits per heavy atom. The number of carbonyl (C=O) groups excluding carboxylic acids is 2. The van der Waals surface area contributed by atoms with Gasteiger partial charge in [0, 0.05) is 0 Å². The predicted molar refractivity (Wildman–Crippen MR) is 97.8 cm³/mol. The third-order valence-corrected chi connectivity index (χ3v) is 6.78. The summed E-state index contributed by atoms with van der Waals surface area (Å²) in [6.45, 7) is 2.60. The van der Waals surface area contributed by atoms with Gasteiger partial charge in [-0.25, -0.2) is 0 Å². The molecule has 2 aromatic rings. The van der Waals surface area contributed by atoms with Crippen molar-refractivity contribution in [3.8, 4) is 5.75 Å². The fourth-order valence-corrected chi connectivity index (χ4v) is 4.79. The van der Waals surface area contributed by atoms with Gasteiger partial charge in [0.15, 0.2) is 0 Å². The van der Waals surface area contributed by atoms with E-state index >= 15 is 0 Å². The van der Waals surface area contributed by atoms with Crippen LogP contribution < -0.4 is 9.67 Å². The van der Waals surface area contributed by atoms with E-state index < -0.39 is 56.9 Å². The van der Waals surface area contributed by atoms with Crippen LogP contribution in [-0.2, 0) is 27.9 Å². The van der Waals surface area contributed by atoms with Gasteiger partial charge in [0.25, 0.3) is 0 Å². The zero-order valence-electron chi connectivity index (χ0n) is 15.0. The minimum atomic E-state index is -5.76. The SMILES string of the molecule is CC(=O)Nc1ccc([As](=O)(O)O)c(O)c1S(=O)(=O)OOC(=O)c1ccccc1C. The number of anilines is 1. The van der Waals surface area contributed by atoms with Crippen LogP contribution in [0.4, 0.5) is 5.69 Å². The predicted octanol–water partition coefficient (Wildman–Crippen LogP) is -0.303. The summed E-state index contributed by atoms with van der Waals surface area (Å²) in [6, 6.07) is 7.68. The summed E-state index contributed by atoms with van der Waals surface area (Å²) in [5, 5.41) is 12.2. The van der Waals surface area contributed by atoms with Crippen molar-refractivity contribution in [3.63, 3.8) is 0 Å². The van der Waals surface area contributed by atoms with E-state index in [9.17, 15) is 35.0 Å². The summed E-state index contributed by atoms with van der Waals surface area (Å²) in [7, 11) is -5.11. The van der Waals surface area contributed by atoms with Gasteiger partial charge in [0.05, 0.1) is 0 Å². The van der Waals surface area contributed by atoms with E-state index in [4.69, 9.17) is 0 Å². The molecule has 0 heterocycles. The average Bonchev–Trinajstić information content (AvgIpc) is 2.58. The Balaban J connectivity index is 2.47. The fraction of sp³-hybridized carbons (Fsp3) is 0.125. The normalized spacial score (nSPS) is 11.7. The van der Waals surface area contributed by atoms with Gasteiger partial charge in [-0.2, -0.15) is 0 Å². The Labute approximate surface area is 167 Å². The third kappa shape index (κ3) is 5.25. The van der Waals surface area contributed by atoms with Crippen LogP contribution in [0.2, 0.25) is 0 Å². The molecule has 0 spiro atoms. The van der Waals surface area contributed by atoms with Crippen molar-refractivity contribution < 1.29 is 44.3 Å². The zero-order valence-corrected chi connectivity index (χ0v) is 17.7. The molecular formula is C16H16AsNO10S. The first kappa shape index (κ1) is 22.7. The van der Waals surface area contributed by atoms with E-state index in [-0.39, 0.29) is 5.56 Å². The quantitative estimate of drug-likeness (QED) is 0.239. The van der Waals surface area contributed by atoms with Crippen molar-refractivity contribution >= 4 is 46.2 Å². The van der Waals surface area contributed by atoms with Gasteiger partial charge in [-0.1, -0.05) is 0 Å². The van der Waals surface area contributed by atoms with E-state index in [2.05, 4.69) is 14.5 Å². The van der Waals surface area contributed by atoms with E-state index in [0.29, 0.717) is 5.56 Å². The molecule has 1 amide bonds. The van der Waals surface area contributed by atoms with Crippen LogP contribution in [0.3, 0.4) is 0 Å². The van der Waals surface area contributed by atoms with Gasteiger partial charge in [0.1, 0.15) is 0 Å². The van der Waals surface area contributed by atoms with E-state index in [1.54, 1.807) is 19.1 Å². The number of phenolic OH excluding ortho intramolecular Hbond substituents is 1. The van der Waals surface area contributed by atoms with E-state index in [1.165, 1.54) is 12.1 Å². The van der Waals surface area contributed by atoms with Crippen LogP contribution in [0.5, 0.6) is 5.75 Å². The molecule has 0 radical (unpaired) electrons. The van der Waals surface area contributed by atoms with Crippen molar-refractivity contribution in [3.05, 3.63) is 47.5 Å². The summed E-state index contributed by atoms with van der Waals surface area (Å²) in [4.78, 5) is 26.5. The summed E-state index contributed by atoms with van der Waals surface area (Å²) in [6.07, 6.45) is 0. The van der Waals surface area contributed by atoms with Gasteiger partial charge in [-0.3, -0.25) is 0 Å². The number of carbonyl (C=O) groups is 2. The van der Waals surface area contributed by atoms with Crippen molar-refractivity contribution in [1.29, 1.82) is 0 Å². The summed E-state index contributed by atoms with van der Waals surface area (Å²) in [5.41, 5.74) is -0.0674. The van der Waals surface area contributed by atoms with Crippen LogP contribution in [0, 0.1) is 6.92 Å². The molecule has 0 aliphatic rings. The number of phenols is 1. The average molecular weight is 489 g/mol. The molecule has 156 valence electrons. The number of hydrogen-bond donors (Lipinski definition) is 4. The number of hydrogen-bond acceptors (Lipinski definition) is 8. The van der Waals surface area contributed by atoms with Crippen LogP contribution in [-0.4, -0.2) is 47.8 Å². The van der Waals surface area contributed by atoms with Crippen LogP contribution in [0.1, 0.15) is 22.8 Å². The first-order valence-corrected chi connectivity index (χ1v) is 12.5. The Morgan fingerprint density at radius 2 is 1.72 bits per heavy atom. The standard InChI is InChI=1S/C16H16AsNO10S/c1-9-5-3-4-6-11(9)16(21)27-28-29(25,26)15-13(18-10(2)19)8-7-12(14(15)20)17(22,23)24/h3-8,20H,1-2H3,(H,18,19)(H2,22,23,24). The molecule has 0 saturated heterocycles. The molecule has 4 N–H and O–H groups in total. The molecule has 29 heavy (non-hydrogen) atoms. The molecular weight excluding hydrogens is 473 g/mol. The summed E-state index contributed by atoms with van der Waals surface area (Å²) < 4.78 is 58.5. The second-order valence-electron chi connectivity index (χ2n) is 5.74. The second-order valence-corrected chi connectivity index (χ2v) is 10.5. The molecule has 13 heteroatoms. The number of benzene rings is 2. The maximum atomic E-state index is 12.5. The number of amides is 1. The zero-order chi connectivity index (χ0) is 22.0. The summed E-state index contributed by atoms with van der Waals surface area (Å²) in [5.74, 6) is -3.25. The van der Waals surface area contributed by atoms with Crippen molar-refractivity contribution in [2.75, 3.05) is 5.32 Å². The molecule has 0 atom stereocenters. The molecule has 2 rings (SSSR count). The molecule has 0 aliphatic heterocycles. The van der Waals surface area contributed by atoms with Crippen LogP contribution in [0.25, 0.3) is 0 Å². The number of nitrogens with one attached hydrogen (secondary N) is 1. The monoisotopic (exact) mass is 489 g/mol. The first-order valence-electron chi connectivity index (χ1n) is 7.75. The van der Waals surface area contributed by atoms with Crippen molar-refractivity contribution in [2.45, 2.75) is 18.7 Å². The fourth-order valence-electron chi connectivity index (χ4n) is 2.29. The molecule has 0 aromatic heterocycles. The van der Waals surface area contributed by atoms with Crippen molar-refractivity contribution in [2.24, 2.45) is 0 Å². The Morgan fingerprint density at radius 1 is 1.10 bits per heavy atom. The van der Waals surface area contributed by atoms with Gasteiger partial charge < -0.3 is 0 Å².